The van der Waals surface area contributed by atoms with E-state index in [1.807, 2.05) is 12.1 Å². The number of carbonyl (C=O) groups is 1. The number of aromatic nitrogens is 1. The van der Waals surface area contributed by atoms with Crippen LogP contribution in [0.2, 0.25) is 0 Å². The highest BCUT2D eigenvalue weighted by Gasteiger charge is 2.28. The van der Waals surface area contributed by atoms with Crippen LogP contribution in [0.1, 0.15) is 62.2 Å². The van der Waals surface area contributed by atoms with E-state index in [2.05, 4.69) is 34.1 Å². The summed E-state index contributed by atoms with van der Waals surface area (Å²) in [6.07, 6.45) is 9.97. The molecule has 0 spiro atoms. The van der Waals surface area contributed by atoms with Crippen LogP contribution in [0.25, 0.3) is 0 Å². The summed E-state index contributed by atoms with van der Waals surface area (Å²) in [5.74, 6) is 3.32. The van der Waals surface area contributed by atoms with Gasteiger partial charge in [0.05, 0.1) is 0 Å². The van der Waals surface area contributed by atoms with Gasteiger partial charge in [0.25, 0.3) is 5.88 Å². The van der Waals surface area contributed by atoms with Gasteiger partial charge in [-0.3, -0.25) is 4.90 Å². The molecule has 1 aliphatic carbocycles. The first-order valence-electron chi connectivity index (χ1n) is 12.1. The lowest BCUT2D eigenvalue weighted by molar-refractivity contribution is 0.0850. The first-order valence-corrected chi connectivity index (χ1v) is 12.1. The van der Waals surface area contributed by atoms with Crippen molar-refractivity contribution < 1.29 is 24.5 Å². The van der Waals surface area contributed by atoms with Crippen LogP contribution in [-0.2, 0) is 6.54 Å². The Balaban J connectivity index is 0.000000601. The van der Waals surface area contributed by atoms with E-state index >= 15 is 0 Å². The van der Waals surface area contributed by atoms with Crippen molar-refractivity contribution in [3.8, 4) is 11.6 Å². The fraction of sp³-hybridized carbons (Fsp3) is 0.538. The van der Waals surface area contributed by atoms with E-state index in [-0.39, 0.29) is 6.10 Å². The summed E-state index contributed by atoms with van der Waals surface area (Å²) < 4.78 is 11.8. The number of rotatable bonds is 4. The van der Waals surface area contributed by atoms with E-state index in [0.717, 1.165) is 29.7 Å². The molecule has 1 saturated heterocycles. The van der Waals surface area contributed by atoms with Crippen LogP contribution in [0.15, 0.2) is 42.6 Å². The maximum atomic E-state index is 8.56. The fourth-order valence-corrected chi connectivity index (χ4v) is 5.36. The second-order valence-corrected chi connectivity index (χ2v) is 9.26. The van der Waals surface area contributed by atoms with Crippen molar-refractivity contribution in [1.82, 2.24) is 9.88 Å². The Hall–Kier alpha value is -2.80. The maximum Gasteiger partial charge on any atom is 0.503 e. The molecule has 1 aromatic heterocycles. The van der Waals surface area contributed by atoms with Gasteiger partial charge < -0.3 is 19.7 Å². The van der Waals surface area contributed by atoms with Crippen molar-refractivity contribution >= 4 is 6.16 Å². The van der Waals surface area contributed by atoms with Gasteiger partial charge in [0, 0.05) is 12.7 Å². The zero-order chi connectivity index (χ0) is 23.0. The van der Waals surface area contributed by atoms with E-state index in [9.17, 15) is 0 Å². The van der Waals surface area contributed by atoms with E-state index < -0.39 is 6.16 Å². The molecule has 2 N–H and O–H groups in total. The molecule has 2 aromatic rings. The Morgan fingerprint density at radius 1 is 0.970 bits per heavy atom. The number of benzene rings is 1. The van der Waals surface area contributed by atoms with Crippen molar-refractivity contribution in [3.63, 3.8) is 0 Å². The zero-order valence-electron chi connectivity index (χ0n) is 19.1. The summed E-state index contributed by atoms with van der Waals surface area (Å²) in [6.45, 7) is 4.10. The molecule has 0 radical (unpaired) electrons. The Morgan fingerprint density at radius 2 is 1.64 bits per heavy atom. The van der Waals surface area contributed by atoms with Crippen molar-refractivity contribution in [1.29, 1.82) is 0 Å². The van der Waals surface area contributed by atoms with E-state index in [0.29, 0.717) is 12.5 Å². The molecular formula is C26H34N2O5. The quantitative estimate of drug-likeness (QED) is 0.620. The highest BCUT2D eigenvalue weighted by Crippen LogP contribution is 2.36. The van der Waals surface area contributed by atoms with Gasteiger partial charge in [-0.1, -0.05) is 56.4 Å². The summed E-state index contributed by atoms with van der Waals surface area (Å²) in [6, 6.07) is 12.6. The average molecular weight is 455 g/mol. The number of hydrogen-bond donors (Lipinski definition) is 2. The van der Waals surface area contributed by atoms with E-state index in [1.165, 1.54) is 63.6 Å². The molecule has 3 aliphatic rings. The van der Waals surface area contributed by atoms with Crippen LogP contribution in [0, 0.1) is 11.8 Å². The van der Waals surface area contributed by atoms with Gasteiger partial charge in [0.2, 0.25) is 0 Å². The lowest BCUT2D eigenvalue weighted by Crippen LogP contribution is -2.36. The summed E-state index contributed by atoms with van der Waals surface area (Å²) >= 11 is 0. The standard InChI is InChI=1S/C25H32N2O2.CH2O3/c1-2-5-20(6-3-1)21-12-15-27(16-13-21)17-19-8-10-22(11-9-19)24-18-28-23-7-4-14-26-25(23)29-24;2-1(3)4/h4,7-11,14,20-21,24H,1-3,5-6,12-13,15-18H2;(H2,2,3,4)/t24-;/m1./s1. The number of likely N-dealkylation sites (tertiary alicyclic amines) is 1. The second-order valence-electron chi connectivity index (χ2n) is 9.26. The lowest BCUT2D eigenvalue weighted by Gasteiger charge is -2.37. The van der Waals surface area contributed by atoms with Crippen LogP contribution in [-0.4, -0.2) is 45.9 Å². The second kappa shape index (κ2) is 11.4. The fourth-order valence-electron chi connectivity index (χ4n) is 5.36. The molecule has 1 saturated carbocycles. The largest absolute Gasteiger partial charge is 0.503 e. The zero-order valence-corrected chi connectivity index (χ0v) is 19.1. The third-order valence-corrected chi connectivity index (χ3v) is 7.09. The minimum Gasteiger partial charge on any atom is -0.484 e. The first-order chi connectivity index (χ1) is 16.1. The molecule has 178 valence electrons. The molecule has 7 nitrogen and oxygen atoms in total. The Morgan fingerprint density at radius 3 is 2.33 bits per heavy atom. The maximum absolute atomic E-state index is 8.56. The number of hydrogen-bond acceptors (Lipinski definition) is 5. The summed E-state index contributed by atoms with van der Waals surface area (Å²) in [5, 5.41) is 13.9. The number of carboxylic acid groups (broad SMARTS) is 2. The lowest BCUT2D eigenvalue weighted by atomic mass is 9.76. The van der Waals surface area contributed by atoms with Gasteiger partial charge in [-0.2, -0.15) is 0 Å². The monoisotopic (exact) mass is 454 g/mol. The Kier molecular flexibility index (Phi) is 8.05. The van der Waals surface area contributed by atoms with Gasteiger partial charge in [-0.15, -0.1) is 0 Å². The van der Waals surface area contributed by atoms with Crippen molar-refractivity contribution in [2.45, 2.75) is 57.6 Å². The van der Waals surface area contributed by atoms with Crippen LogP contribution < -0.4 is 9.47 Å². The molecule has 3 heterocycles. The normalized spacial score (nSPS) is 21.6. The van der Waals surface area contributed by atoms with Gasteiger partial charge >= 0.3 is 6.16 Å². The number of pyridine rings is 1. The number of nitrogens with zero attached hydrogens (tertiary/aromatic N) is 2. The van der Waals surface area contributed by atoms with Crippen LogP contribution in [0.3, 0.4) is 0 Å². The molecule has 1 aromatic carbocycles. The number of piperidine rings is 1. The van der Waals surface area contributed by atoms with E-state index in [4.69, 9.17) is 24.5 Å². The predicted octanol–water partition coefficient (Wildman–Crippen LogP) is 5.61. The highest BCUT2D eigenvalue weighted by molar-refractivity contribution is 5.53. The van der Waals surface area contributed by atoms with Crippen molar-refractivity contribution in [3.05, 3.63) is 53.7 Å². The summed E-state index contributed by atoms with van der Waals surface area (Å²) in [4.78, 5) is 15.5. The highest BCUT2D eigenvalue weighted by atomic mass is 16.6. The van der Waals surface area contributed by atoms with Gasteiger partial charge in [0.15, 0.2) is 11.9 Å². The summed E-state index contributed by atoms with van der Waals surface area (Å²) in [5.41, 5.74) is 2.54. The Labute approximate surface area is 195 Å². The predicted molar refractivity (Wildman–Crippen MR) is 125 cm³/mol. The molecule has 33 heavy (non-hydrogen) atoms. The number of fused-ring (bicyclic) bond motifs is 1. The molecule has 0 amide bonds. The molecule has 1 atom stereocenters. The molecule has 2 aliphatic heterocycles. The van der Waals surface area contributed by atoms with Gasteiger partial charge in [-0.05, 0) is 61.0 Å². The minimum atomic E-state index is -1.83. The molecule has 5 rings (SSSR count). The Bertz CT molecular complexity index is 886. The topological polar surface area (TPSA) is 92.1 Å². The number of ether oxygens (including phenoxy) is 2. The smallest absolute Gasteiger partial charge is 0.484 e. The van der Waals surface area contributed by atoms with Gasteiger partial charge in [0.1, 0.15) is 6.61 Å². The van der Waals surface area contributed by atoms with Crippen molar-refractivity contribution in [2.75, 3.05) is 19.7 Å². The molecule has 7 heteroatoms. The molecule has 2 fully saturated rings. The molecule has 0 unspecified atom stereocenters. The van der Waals surface area contributed by atoms with E-state index in [1.54, 1.807) is 6.20 Å². The summed E-state index contributed by atoms with van der Waals surface area (Å²) in [7, 11) is 0. The van der Waals surface area contributed by atoms with Gasteiger partial charge in [-0.25, -0.2) is 9.78 Å². The van der Waals surface area contributed by atoms with Crippen LogP contribution in [0.5, 0.6) is 11.6 Å². The molecule has 0 bridgehead atoms. The van der Waals surface area contributed by atoms with Crippen molar-refractivity contribution in [2.24, 2.45) is 11.8 Å². The molecular weight excluding hydrogens is 420 g/mol. The average Bonchev–Trinajstić information content (AvgIpc) is 2.85. The minimum absolute atomic E-state index is 0.0855. The van der Waals surface area contributed by atoms with Crippen LogP contribution in [0.4, 0.5) is 4.79 Å². The third kappa shape index (κ3) is 6.60. The first kappa shape index (κ1) is 23.4. The van der Waals surface area contributed by atoms with Crippen LogP contribution >= 0.6 is 0 Å². The SMILES string of the molecule is O=C(O)O.c1cnc2c(c1)OC[C@H](c1ccc(CN3CCC(C4CCCCC4)CC3)cc1)O2. The third-order valence-electron chi connectivity index (χ3n) is 7.09.